The van der Waals surface area contributed by atoms with Gasteiger partial charge in [-0.25, -0.2) is 4.98 Å². The van der Waals surface area contributed by atoms with Crippen molar-refractivity contribution >= 4 is 0 Å². The summed E-state index contributed by atoms with van der Waals surface area (Å²) in [5.41, 5.74) is -0.0327. The third kappa shape index (κ3) is 4.58. The highest BCUT2D eigenvalue weighted by molar-refractivity contribution is 5.13. The molecule has 3 unspecified atom stereocenters. The van der Waals surface area contributed by atoms with Crippen molar-refractivity contribution in [3.63, 3.8) is 0 Å². The van der Waals surface area contributed by atoms with Crippen molar-refractivity contribution in [2.45, 2.75) is 122 Å². The summed E-state index contributed by atoms with van der Waals surface area (Å²) in [6.45, 7) is 11.6. The summed E-state index contributed by atoms with van der Waals surface area (Å²) in [6, 6.07) is 0. The highest BCUT2D eigenvalue weighted by Crippen LogP contribution is 2.66. The minimum atomic E-state index is -0.725. The van der Waals surface area contributed by atoms with Crippen molar-refractivity contribution in [3.8, 4) is 0 Å². The second-order valence-electron chi connectivity index (χ2n) is 12.7. The van der Waals surface area contributed by atoms with Gasteiger partial charge in [0, 0.05) is 6.61 Å². The second-order valence-corrected chi connectivity index (χ2v) is 12.7. The molecule has 1 N–H and O–H groups in total. The quantitative estimate of drug-likeness (QED) is 0.547. The molecule has 1 spiro atoms. The minimum Gasteiger partial charge on any atom is -0.388 e. The van der Waals surface area contributed by atoms with E-state index in [0.29, 0.717) is 17.9 Å². The van der Waals surface area contributed by atoms with Crippen LogP contribution < -0.4 is 0 Å². The highest BCUT2D eigenvalue weighted by atomic mass is 16.7. The van der Waals surface area contributed by atoms with Crippen LogP contribution in [0, 0.1) is 22.7 Å². The first-order chi connectivity index (χ1) is 16.2. The van der Waals surface area contributed by atoms with E-state index < -0.39 is 11.7 Å². The first-order valence-electron chi connectivity index (χ1n) is 13.6. The lowest BCUT2D eigenvalue weighted by molar-refractivity contribution is -0.251. The van der Waals surface area contributed by atoms with E-state index in [1.54, 1.807) is 11.0 Å². The van der Waals surface area contributed by atoms with Gasteiger partial charge in [-0.2, -0.15) is 5.10 Å². The lowest BCUT2D eigenvalue weighted by Gasteiger charge is -2.59. The average Bonchev–Trinajstić information content (AvgIpc) is 3.35. The molecule has 192 valence electrons. The normalized spacial score (nSPS) is 39.9. The molecule has 0 radical (unpaired) electrons. The van der Waals surface area contributed by atoms with E-state index in [9.17, 15) is 5.11 Å². The van der Waals surface area contributed by atoms with E-state index in [4.69, 9.17) is 14.2 Å². The molecule has 5 rings (SSSR count). The summed E-state index contributed by atoms with van der Waals surface area (Å²) in [7, 11) is 0. The molecule has 2 aliphatic carbocycles. The Bertz CT molecular complexity index is 820. The predicted octanol–water partition coefficient (Wildman–Crippen LogP) is 4.73. The third-order valence-electron chi connectivity index (χ3n) is 10.1. The Labute approximate surface area is 204 Å². The second kappa shape index (κ2) is 9.13. The van der Waals surface area contributed by atoms with E-state index >= 15 is 0 Å². The molecule has 3 heterocycles. The summed E-state index contributed by atoms with van der Waals surface area (Å²) in [5, 5.41) is 15.6. The third-order valence-corrected chi connectivity index (χ3v) is 10.1. The molecule has 2 saturated carbocycles. The molecule has 7 atom stereocenters. The van der Waals surface area contributed by atoms with Crippen molar-refractivity contribution < 1.29 is 19.3 Å². The fraction of sp³-hybridized carbons (Fsp3) is 0.926. The van der Waals surface area contributed by atoms with Gasteiger partial charge in [0.15, 0.2) is 6.29 Å². The van der Waals surface area contributed by atoms with E-state index in [2.05, 4.69) is 37.8 Å². The van der Waals surface area contributed by atoms with Crippen molar-refractivity contribution in [1.82, 2.24) is 14.8 Å². The topological polar surface area (TPSA) is 81.9 Å². The van der Waals surface area contributed by atoms with Gasteiger partial charge in [-0.3, -0.25) is 4.68 Å². The van der Waals surface area contributed by atoms with Gasteiger partial charge < -0.3 is 19.3 Å². The molecule has 7 nitrogen and oxygen atoms in total. The molecule has 4 aliphatic rings. The largest absolute Gasteiger partial charge is 0.388 e. The van der Waals surface area contributed by atoms with E-state index in [1.807, 2.05) is 0 Å². The molecular formula is C27H45N3O4. The molecule has 2 aliphatic heterocycles. The number of aliphatic hydroxyl groups excluding tert-OH is 1. The monoisotopic (exact) mass is 475 g/mol. The van der Waals surface area contributed by atoms with Gasteiger partial charge in [0.2, 0.25) is 0 Å². The number of aromatic nitrogens is 3. The molecule has 1 aromatic rings. The summed E-state index contributed by atoms with van der Waals surface area (Å²) < 4.78 is 20.5. The maximum Gasteiger partial charge on any atom is 0.158 e. The van der Waals surface area contributed by atoms with Crippen LogP contribution in [0.1, 0.15) is 91.9 Å². The highest BCUT2D eigenvalue weighted by Gasteiger charge is 2.65. The van der Waals surface area contributed by atoms with Crippen molar-refractivity contribution in [3.05, 3.63) is 12.7 Å². The smallest absolute Gasteiger partial charge is 0.158 e. The zero-order valence-electron chi connectivity index (χ0n) is 21.7. The van der Waals surface area contributed by atoms with Gasteiger partial charge in [-0.15, -0.1) is 0 Å². The van der Waals surface area contributed by atoms with Crippen LogP contribution in [0.2, 0.25) is 0 Å². The zero-order chi connectivity index (χ0) is 24.0. The van der Waals surface area contributed by atoms with Gasteiger partial charge in [-0.05, 0) is 87.4 Å². The van der Waals surface area contributed by atoms with Gasteiger partial charge in [0.1, 0.15) is 18.8 Å². The first kappa shape index (κ1) is 24.7. The Morgan fingerprint density at radius 1 is 1.18 bits per heavy atom. The first-order valence-corrected chi connectivity index (χ1v) is 13.6. The number of nitrogens with zero attached hydrogens (tertiary/aromatic N) is 3. The van der Waals surface area contributed by atoms with Crippen LogP contribution >= 0.6 is 0 Å². The van der Waals surface area contributed by atoms with Crippen LogP contribution in [0.4, 0.5) is 0 Å². The summed E-state index contributed by atoms with van der Waals surface area (Å²) in [6.07, 6.45) is 13.4. The van der Waals surface area contributed by atoms with Crippen LogP contribution in [0.25, 0.3) is 0 Å². The maximum atomic E-state index is 11.4. The van der Waals surface area contributed by atoms with E-state index in [0.717, 1.165) is 51.2 Å². The van der Waals surface area contributed by atoms with Gasteiger partial charge in [0.05, 0.1) is 24.4 Å². The number of aliphatic hydroxyl groups is 1. The summed E-state index contributed by atoms with van der Waals surface area (Å²) in [4.78, 5) is 4.05. The summed E-state index contributed by atoms with van der Waals surface area (Å²) in [5.74, 6) is 1.22. The van der Waals surface area contributed by atoms with Crippen LogP contribution in [-0.4, -0.2) is 56.7 Å². The Hall–Kier alpha value is -1.02. The molecule has 0 bridgehead atoms. The SMILES string of the molecule is CC1(C)CCC[C@@]2(C)[C@H]1CCC1(CO1)[C@@H]2CC[C@@](C)(OC1CCCCO1)C(O)Cn1cncn1. The average molecular weight is 476 g/mol. The lowest BCUT2D eigenvalue weighted by Crippen LogP contribution is -2.55. The Morgan fingerprint density at radius 3 is 2.68 bits per heavy atom. The number of ether oxygens (including phenoxy) is 3. The van der Waals surface area contributed by atoms with Crippen molar-refractivity contribution in [1.29, 1.82) is 0 Å². The number of hydrogen-bond donors (Lipinski definition) is 1. The maximum absolute atomic E-state index is 11.4. The lowest BCUT2D eigenvalue weighted by atomic mass is 9.45. The molecule has 0 amide bonds. The molecule has 2 saturated heterocycles. The Kier molecular flexibility index (Phi) is 6.62. The van der Waals surface area contributed by atoms with Crippen LogP contribution in [0.15, 0.2) is 12.7 Å². The molecule has 1 aromatic heterocycles. The van der Waals surface area contributed by atoms with Gasteiger partial charge >= 0.3 is 0 Å². The predicted molar refractivity (Wildman–Crippen MR) is 129 cm³/mol. The molecule has 34 heavy (non-hydrogen) atoms. The molecule has 4 fully saturated rings. The number of fused-ring (bicyclic) bond motifs is 1. The van der Waals surface area contributed by atoms with Crippen molar-refractivity contribution in [2.24, 2.45) is 22.7 Å². The Morgan fingerprint density at radius 2 is 2.00 bits per heavy atom. The van der Waals surface area contributed by atoms with E-state index in [1.165, 1.54) is 38.4 Å². The molecule has 7 heteroatoms. The zero-order valence-corrected chi connectivity index (χ0v) is 21.7. The van der Waals surface area contributed by atoms with Crippen molar-refractivity contribution in [2.75, 3.05) is 13.2 Å². The number of epoxide rings is 1. The molecular weight excluding hydrogens is 430 g/mol. The fourth-order valence-corrected chi connectivity index (χ4v) is 8.04. The van der Waals surface area contributed by atoms with Crippen LogP contribution in [0.5, 0.6) is 0 Å². The Balaban J connectivity index is 1.36. The van der Waals surface area contributed by atoms with Gasteiger partial charge in [0.25, 0.3) is 0 Å². The fourth-order valence-electron chi connectivity index (χ4n) is 8.04. The number of rotatable bonds is 8. The minimum absolute atomic E-state index is 0.0395. The standard InChI is InChI=1S/C27H45N3O4/c1-24(2)11-7-12-25(3)20(24)10-14-27(17-33-27)21(25)9-13-26(4,34-23-8-5-6-15-32-23)22(31)16-30-19-28-18-29-30/h18-23,31H,5-17H2,1-4H3/t20-,21+,22?,23?,25-,26+,27?/m0/s1. The summed E-state index contributed by atoms with van der Waals surface area (Å²) >= 11 is 0. The number of hydrogen-bond acceptors (Lipinski definition) is 6. The molecule has 0 aromatic carbocycles. The van der Waals surface area contributed by atoms with Gasteiger partial charge in [-0.1, -0.05) is 27.2 Å². The van der Waals surface area contributed by atoms with Crippen LogP contribution in [-0.2, 0) is 20.8 Å². The van der Waals surface area contributed by atoms with E-state index in [-0.39, 0.29) is 17.3 Å². The van der Waals surface area contributed by atoms with Crippen LogP contribution in [0.3, 0.4) is 0 Å².